The van der Waals surface area contributed by atoms with Crippen LogP contribution in [0.2, 0.25) is 0 Å². The maximum Gasteiger partial charge on any atom is 0.416 e. The minimum atomic E-state index is -5.17. The molecular weight excluding hydrogens is 592 g/mol. The van der Waals surface area contributed by atoms with E-state index in [4.69, 9.17) is 9.15 Å². The number of alkyl halides is 6. The van der Waals surface area contributed by atoms with Crippen molar-refractivity contribution in [2.45, 2.75) is 31.9 Å². The highest BCUT2D eigenvalue weighted by Gasteiger charge is 2.39. The lowest BCUT2D eigenvalue weighted by Gasteiger charge is -2.30. The van der Waals surface area contributed by atoms with Crippen LogP contribution in [0, 0.1) is 0 Å². The monoisotopic (exact) mass is 615 g/mol. The van der Waals surface area contributed by atoms with Crippen molar-refractivity contribution in [3.63, 3.8) is 0 Å². The number of fused-ring (bicyclic) bond motifs is 1. The van der Waals surface area contributed by atoms with Crippen LogP contribution in [-0.2, 0) is 18.9 Å². The second-order valence-corrected chi connectivity index (χ2v) is 9.78. The third-order valence-electron chi connectivity index (χ3n) is 6.97. The Morgan fingerprint density at radius 2 is 1.57 bits per heavy atom. The smallest absolute Gasteiger partial charge is 0.416 e. The predicted octanol–water partition coefficient (Wildman–Crippen LogP) is 7.43. The number of aromatic nitrogens is 2. The van der Waals surface area contributed by atoms with Crippen molar-refractivity contribution in [3.8, 4) is 11.4 Å². The lowest BCUT2D eigenvalue weighted by molar-refractivity contribution is -0.143. The topological polar surface area (TPSA) is 77.6 Å². The molecule has 7 nitrogen and oxygen atoms in total. The standard InChI is InChI=1S/C31H23F6N3O4/c1-18(27-38-24-10-4-3-9-23(24)29(42)40(27)25-11-5-6-12-26(25)43-2)39(17-22-8-7-13-44-22)28(41)19-14-20(30(32,33)34)16-21(15-19)31(35,36)37/h3-16,18H,17H2,1-2H3. The van der Waals surface area contributed by atoms with Crippen molar-refractivity contribution in [1.29, 1.82) is 0 Å². The number of hydrogen-bond donors (Lipinski definition) is 0. The van der Waals surface area contributed by atoms with Crippen molar-refractivity contribution in [2.75, 3.05) is 7.11 Å². The van der Waals surface area contributed by atoms with E-state index < -0.39 is 46.6 Å². The second-order valence-electron chi connectivity index (χ2n) is 9.78. The molecule has 3 aromatic carbocycles. The summed E-state index contributed by atoms with van der Waals surface area (Å²) in [5.74, 6) is -0.752. The van der Waals surface area contributed by atoms with Crippen LogP contribution in [0.15, 0.2) is 94.3 Å². The first kappa shape index (κ1) is 30.4. The molecule has 5 aromatic rings. The fourth-order valence-electron chi connectivity index (χ4n) is 4.82. The highest BCUT2D eigenvalue weighted by molar-refractivity contribution is 5.95. The van der Waals surface area contributed by atoms with Crippen LogP contribution >= 0.6 is 0 Å². The molecule has 2 heterocycles. The first-order valence-corrected chi connectivity index (χ1v) is 13.1. The third-order valence-corrected chi connectivity index (χ3v) is 6.97. The molecule has 0 fully saturated rings. The maximum atomic E-state index is 14.0. The third kappa shape index (κ3) is 5.90. The van der Waals surface area contributed by atoms with Crippen molar-refractivity contribution in [1.82, 2.24) is 14.5 Å². The predicted molar refractivity (Wildman–Crippen MR) is 147 cm³/mol. The number of benzene rings is 3. The normalized spacial score (nSPS) is 12.7. The van der Waals surface area contributed by atoms with E-state index in [-0.39, 0.29) is 46.5 Å². The zero-order valence-corrected chi connectivity index (χ0v) is 23.1. The van der Waals surface area contributed by atoms with Gasteiger partial charge in [-0.2, -0.15) is 26.3 Å². The SMILES string of the molecule is COc1ccccc1-n1c(C(C)N(Cc2ccco2)C(=O)c2cc(C(F)(F)F)cc(C(F)(F)F)c2)nc2ccccc2c1=O. The first-order chi connectivity index (χ1) is 20.8. The van der Waals surface area contributed by atoms with Gasteiger partial charge in [0.15, 0.2) is 0 Å². The number of furan rings is 1. The van der Waals surface area contributed by atoms with Crippen LogP contribution in [0.25, 0.3) is 16.6 Å². The molecule has 13 heteroatoms. The molecule has 5 rings (SSSR count). The van der Waals surface area contributed by atoms with Gasteiger partial charge >= 0.3 is 12.4 Å². The van der Waals surface area contributed by atoms with E-state index in [0.717, 1.165) is 4.90 Å². The van der Waals surface area contributed by atoms with Gasteiger partial charge in [0.2, 0.25) is 0 Å². The molecule has 0 radical (unpaired) electrons. The van der Waals surface area contributed by atoms with E-state index in [1.165, 1.54) is 37.0 Å². The van der Waals surface area contributed by atoms with Gasteiger partial charge in [-0.1, -0.05) is 24.3 Å². The molecule has 0 aliphatic carbocycles. The van der Waals surface area contributed by atoms with Crippen molar-refractivity contribution >= 4 is 16.8 Å². The highest BCUT2D eigenvalue weighted by Crippen LogP contribution is 2.37. The van der Waals surface area contributed by atoms with Crippen LogP contribution in [0.4, 0.5) is 26.3 Å². The summed E-state index contributed by atoms with van der Waals surface area (Å²) in [4.78, 5) is 33.5. The highest BCUT2D eigenvalue weighted by atomic mass is 19.4. The van der Waals surface area contributed by atoms with Gasteiger partial charge in [-0.15, -0.1) is 0 Å². The number of hydrogen-bond acceptors (Lipinski definition) is 5. The second kappa shape index (κ2) is 11.5. The van der Waals surface area contributed by atoms with Crippen LogP contribution in [-0.4, -0.2) is 27.5 Å². The average Bonchev–Trinajstić information content (AvgIpc) is 3.51. The lowest BCUT2D eigenvalue weighted by Crippen LogP contribution is -2.37. The van der Waals surface area contributed by atoms with E-state index in [1.807, 2.05) is 0 Å². The molecule has 1 atom stereocenters. The van der Waals surface area contributed by atoms with Gasteiger partial charge in [0, 0.05) is 5.56 Å². The molecule has 1 unspecified atom stereocenters. The van der Waals surface area contributed by atoms with Gasteiger partial charge in [-0.3, -0.25) is 14.2 Å². The Bertz CT molecular complexity index is 1850. The molecule has 1 amide bonds. The summed E-state index contributed by atoms with van der Waals surface area (Å²) in [6.07, 6.45) is -9.04. The lowest BCUT2D eigenvalue weighted by atomic mass is 10.0. The van der Waals surface area contributed by atoms with Crippen LogP contribution in [0.5, 0.6) is 5.75 Å². The molecule has 2 aromatic heterocycles. The molecule has 0 saturated carbocycles. The Hall–Kier alpha value is -5.07. The Morgan fingerprint density at radius 3 is 2.18 bits per heavy atom. The first-order valence-electron chi connectivity index (χ1n) is 13.1. The maximum absolute atomic E-state index is 14.0. The number of amides is 1. The van der Waals surface area contributed by atoms with Crippen molar-refractivity contribution < 1.29 is 40.3 Å². The molecule has 44 heavy (non-hydrogen) atoms. The zero-order valence-electron chi connectivity index (χ0n) is 23.1. The Kier molecular flexibility index (Phi) is 7.98. The molecule has 228 valence electrons. The molecule has 0 saturated heterocycles. The molecule has 0 aliphatic rings. The van der Waals surface area contributed by atoms with Gasteiger partial charge < -0.3 is 14.1 Å². The number of methoxy groups -OCH3 is 1. The largest absolute Gasteiger partial charge is 0.495 e. The number of halogens is 6. The summed E-state index contributed by atoms with van der Waals surface area (Å²) in [5, 5.41) is 0.228. The van der Waals surface area contributed by atoms with E-state index in [0.29, 0.717) is 12.1 Å². The summed E-state index contributed by atoms with van der Waals surface area (Å²) < 4.78 is 94.0. The van der Waals surface area contributed by atoms with E-state index >= 15 is 0 Å². The zero-order chi connectivity index (χ0) is 31.8. The van der Waals surface area contributed by atoms with Gasteiger partial charge in [0.25, 0.3) is 11.5 Å². The van der Waals surface area contributed by atoms with Gasteiger partial charge in [-0.05, 0) is 61.5 Å². The van der Waals surface area contributed by atoms with Crippen LogP contribution < -0.4 is 10.3 Å². The summed E-state index contributed by atoms with van der Waals surface area (Å²) in [7, 11) is 1.39. The fraction of sp³-hybridized carbons (Fsp3) is 0.194. The number of ether oxygens (including phenoxy) is 1. The Morgan fingerprint density at radius 1 is 0.932 bits per heavy atom. The van der Waals surface area contributed by atoms with Gasteiger partial charge in [0.1, 0.15) is 17.3 Å². The Balaban J connectivity index is 1.74. The summed E-state index contributed by atoms with van der Waals surface area (Å²) >= 11 is 0. The number of para-hydroxylation sites is 3. The summed E-state index contributed by atoms with van der Waals surface area (Å²) in [6.45, 7) is 1.08. The number of rotatable bonds is 7. The minimum Gasteiger partial charge on any atom is -0.495 e. The summed E-state index contributed by atoms with van der Waals surface area (Å²) in [6, 6.07) is 15.4. The molecule has 0 spiro atoms. The van der Waals surface area contributed by atoms with Gasteiger partial charge in [0.05, 0.1) is 53.7 Å². The molecule has 0 N–H and O–H groups in total. The Labute approximate surface area is 245 Å². The van der Waals surface area contributed by atoms with Crippen molar-refractivity contribution in [2.24, 2.45) is 0 Å². The molecule has 0 bridgehead atoms. The van der Waals surface area contributed by atoms with Crippen LogP contribution in [0.1, 0.15) is 46.0 Å². The minimum absolute atomic E-state index is 0.0267. The molecular formula is C31H23F6N3O4. The number of nitrogens with zero attached hydrogens (tertiary/aromatic N) is 3. The quantitative estimate of drug-likeness (QED) is 0.178. The van der Waals surface area contributed by atoms with E-state index in [2.05, 4.69) is 4.98 Å². The van der Waals surface area contributed by atoms with E-state index in [9.17, 15) is 35.9 Å². The fourth-order valence-corrected chi connectivity index (χ4v) is 4.82. The summed E-state index contributed by atoms with van der Waals surface area (Å²) in [5.41, 5.74) is -4.17. The van der Waals surface area contributed by atoms with Gasteiger partial charge in [-0.25, -0.2) is 4.98 Å². The van der Waals surface area contributed by atoms with E-state index in [1.54, 1.807) is 48.5 Å². The average molecular weight is 616 g/mol. The van der Waals surface area contributed by atoms with Crippen molar-refractivity contribution in [3.05, 3.63) is 124 Å². The number of carbonyl (C=O) groups excluding carboxylic acids is 1. The van der Waals surface area contributed by atoms with Crippen LogP contribution in [0.3, 0.4) is 0 Å². The molecule has 0 aliphatic heterocycles. The number of carbonyl (C=O) groups is 1.